The summed E-state index contributed by atoms with van der Waals surface area (Å²) in [5.41, 5.74) is 0.859. The van der Waals surface area contributed by atoms with Crippen molar-refractivity contribution in [3.05, 3.63) is 40.8 Å². The van der Waals surface area contributed by atoms with E-state index in [1.165, 1.54) is 9.80 Å². The van der Waals surface area contributed by atoms with E-state index in [0.29, 0.717) is 42.8 Å². The van der Waals surface area contributed by atoms with Crippen LogP contribution in [0.1, 0.15) is 31.0 Å². The Hall–Kier alpha value is -3.12. The van der Waals surface area contributed by atoms with Crippen LogP contribution in [0.2, 0.25) is 0 Å². The van der Waals surface area contributed by atoms with Gasteiger partial charge in [0.05, 0.1) is 17.8 Å². The molecule has 1 unspecified atom stereocenters. The second kappa shape index (κ2) is 8.43. The highest BCUT2D eigenvalue weighted by molar-refractivity contribution is 5.97. The first-order valence-corrected chi connectivity index (χ1v) is 10.0. The third-order valence-electron chi connectivity index (χ3n) is 5.75. The van der Waals surface area contributed by atoms with Gasteiger partial charge in [0, 0.05) is 49.2 Å². The number of hydrogen-bond donors (Lipinski definition) is 3. The van der Waals surface area contributed by atoms with Crippen molar-refractivity contribution in [2.45, 2.75) is 45.1 Å². The molecule has 0 bridgehead atoms. The van der Waals surface area contributed by atoms with Crippen molar-refractivity contribution in [2.75, 3.05) is 16.8 Å². The van der Waals surface area contributed by atoms with Crippen LogP contribution in [0.3, 0.4) is 0 Å². The number of aliphatic hydroxyl groups is 2. The van der Waals surface area contributed by atoms with Crippen molar-refractivity contribution in [1.29, 1.82) is 0 Å². The molecule has 1 aromatic carbocycles. The van der Waals surface area contributed by atoms with Crippen molar-refractivity contribution in [2.24, 2.45) is 5.92 Å². The topological polar surface area (TPSA) is 119 Å². The van der Waals surface area contributed by atoms with Gasteiger partial charge in [0.2, 0.25) is 11.8 Å². The minimum absolute atomic E-state index is 0.0183. The van der Waals surface area contributed by atoms with E-state index in [4.69, 9.17) is 14.7 Å². The van der Waals surface area contributed by atoms with Crippen LogP contribution in [0.25, 0.3) is 0 Å². The Bertz CT molecular complexity index is 1040. The molecule has 0 radical (unpaired) electrons. The number of anilines is 2. The van der Waals surface area contributed by atoms with Crippen LogP contribution in [-0.2, 0) is 17.8 Å². The van der Waals surface area contributed by atoms with Gasteiger partial charge in [-0.05, 0) is 13.3 Å². The number of rotatable bonds is 4. The molecule has 4 rings (SSSR count). The highest BCUT2D eigenvalue weighted by atomic mass is 19.2. The van der Waals surface area contributed by atoms with Gasteiger partial charge in [-0.2, -0.15) is 0 Å². The van der Waals surface area contributed by atoms with Gasteiger partial charge in [0.15, 0.2) is 23.7 Å². The summed E-state index contributed by atoms with van der Waals surface area (Å²) >= 11 is 0. The van der Waals surface area contributed by atoms with E-state index in [9.17, 15) is 22.8 Å². The summed E-state index contributed by atoms with van der Waals surface area (Å²) in [5.74, 6) is -5.19. The summed E-state index contributed by atoms with van der Waals surface area (Å²) in [7, 11) is 0. The fourth-order valence-electron chi connectivity index (χ4n) is 4.09. The predicted octanol–water partition coefficient (Wildman–Crippen LogP) is 2.12. The summed E-state index contributed by atoms with van der Waals surface area (Å²) in [4.78, 5) is 28.2. The fourth-order valence-corrected chi connectivity index (χ4v) is 4.09. The maximum atomic E-state index is 13.5. The SMILES string of the molecule is C[C@H]1Cc2noc(N3CCC(CC(O)O)C3=O)c2CN1C(=O)Nc1cc(F)c(F)c(F)c1. The normalized spacial score (nSPS) is 20.8. The van der Waals surface area contributed by atoms with Crippen LogP contribution in [0, 0.1) is 23.4 Å². The molecule has 2 aromatic rings. The van der Waals surface area contributed by atoms with Crippen molar-refractivity contribution in [1.82, 2.24) is 10.1 Å². The van der Waals surface area contributed by atoms with E-state index in [1.807, 2.05) is 0 Å². The smallest absolute Gasteiger partial charge is 0.322 e. The summed E-state index contributed by atoms with van der Waals surface area (Å²) in [6, 6.07) is 0.344. The maximum Gasteiger partial charge on any atom is 0.322 e. The molecule has 2 atom stereocenters. The van der Waals surface area contributed by atoms with E-state index in [1.54, 1.807) is 6.92 Å². The number of nitrogens with one attached hydrogen (secondary N) is 1. The highest BCUT2D eigenvalue weighted by Crippen LogP contribution is 2.35. The number of urea groups is 1. The van der Waals surface area contributed by atoms with Gasteiger partial charge >= 0.3 is 6.03 Å². The lowest BCUT2D eigenvalue weighted by Crippen LogP contribution is -2.45. The molecule has 2 aliphatic rings. The third kappa shape index (κ3) is 4.02. The van der Waals surface area contributed by atoms with Gasteiger partial charge in [0.25, 0.3) is 0 Å². The number of aromatic nitrogens is 1. The van der Waals surface area contributed by atoms with E-state index in [-0.39, 0.29) is 36.5 Å². The predicted molar refractivity (Wildman–Crippen MR) is 104 cm³/mol. The quantitative estimate of drug-likeness (QED) is 0.481. The summed E-state index contributed by atoms with van der Waals surface area (Å²) in [5, 5.41) is 24.7. The van der Waals surface area contributed by atoms with Gasteiger partial charge in [-0.3, -0.25) is 9.69 Å². The van der Waals surface area contributed by atoms with E-state index in [2.05, 4.69) is 10.5 Å². The summed E-state index contributed by atoms with van der Waals surface area (Å²) in [6.07, 6.45) is -0.969. The molecule has 3 heterocycles. The van der Waals surface area contributed by atoms with E-state index < -0.39 is 35.7 Å². The van der Waals surface area contributed by atoms with Crippen LogP contribution in [0.4, 0.5) is 29.5 Å². The second-order valence-corrected chi connectivity index (χ2v) is 7.97. The largest absolute Gasteiger partial charge is 0.368 e. The zero-order chi connectivity index (χ0) is 23.2. The molecule has 32 heavy (non-hydrogen) atoms. The summed E-state index contributed by atoms with van der Waals surface area (Å²) in [6.45, 7) is 2.07. The molecule has 3 N–H and O–H groups in total. The molecule has 2 aliphatic heterocycles. The fraction of sp³-hybridized carbons (Fsp3) is 0.450. The molecule has 12 heteroatoms. The molecular formula is C20H21F3N4O5. The van der Waals surface area contributed by atoms with Gasteiger partial charge in [-0.15, -0.1) is 0 Å². The number of halogens is 3. The minimum Gasteiger partial charge on any atom is -0.368 e. The van der Waals surface area contributed by atoms with Crippen LogP contribution in [0.5, 0.6) is 0 Å². The molecule has 1 aromatic heterocycles. The number of carbonyl (C=O) groups is 2. The van der Waals surface area contributed by atoms with Crippen molar-refractivity contribution < 1.29 is 37.5 Å². The highest BCUT2D eigenvalue weighted by Gasteiger charge is 2.40. The van der Waals surface area contributed by atoms with Gasteiger partial charge in [-0.25, -0.2) is 18.0 Å². The standard InChI is InChI=1S/C20H21F3N4O5/c1-9-4-15-12(19(32-25-15)26-3-2-10(18(26)30)5-16(28)29)8-27(9)20(31)24-11-6-13(21)17(23)14(22)7-11/h6-7,9-10,16,28-29H,2-5,8H2,1H3,(H,24,31)/t9-,10?/m0/s1. The lowest BCUT2D eigenvalue weighted by Gasteiger charge is -2.33. The van der Waals surface area contributed by atoms with Crippen molar-refractivity contribution >= 4 is 23.5 Å². The van der Waals surface area contributed by atoms with Crippen LogP contribution >= 0.6 is 0 Å². The monoisotopic (exact) mass is 454 g/mol. The molecule has 9 nitrogen and oxygen atoms in total. The lowest BCUT2D eigenvalue weighted by atomic mass is 10.0. The van der Waals surface area contributed by atoms with E-state index in [0.717, 1.165) is 0 Å². The second-order valence-electron chi connectivity index (χ2n) is 7.97. The Balaban J connectivity index is 1.53. The van der Waals surface area contributed by atoms with Crippen LogP contribution in [-0.4, -0.2) is 51.1 Å². The van der Waals surface area contributed by atoms with Gasteiger partial charge < -0.3 is 25.0 Å². The zero-order valence-corrected chi connectivity index (χ0v) is 17.0. The molecule has 1 saturated heterocycles. The number of nitrogens with zero attached hydrogens (tertiary/aromatic N) is 3. The van der Waals surface area contributed by atoms with Gasteiger partial charge in [-0.1, -0.05) is 5.16 Å². The molecule has 172 valence electrons. The summed E-state index contributed by atoms with van der Waals surface area (Å²) < 4.78 is 45.5. The van der Waals surface area contributed by atoms with E-state index >= 15 is 0 Å². The zero-order valence-electron chi connectivity index (χ0n) is 17.0. The average molecular weight is 454 g/mol. The number of benzene rings is 1. The molecular weight excluding hydrogens is 433 g/mol. The first kappa shape index (κ1) is 22.1. The Morgan fingerprint density at radius 3 is 2.66 bits per heavy atom. The van der Waals surface area contributed by atoms with Gasteiger partial charge in [0.1, 0.15) is 0 Å². The van der Waals surface area contributed by atoms with Crippen LogP contribution in [0.15, 0.2) is 16.7 Å². The molecule has 0 aliphatic carbocycles. The molecule has 0 saturated carbocycles. The number of fused-ring (bicyclic) bond motifs is 1. The molecule has 3 amide bonds. The first-order chi connectivity index (χ1) is 15.2. The molecule has 0 spiro atoms. The van der Waals surface area contributed by atoms with Crippen molar-refractivity contribution in [3.63, 3.8) is 0 Å². The first-order valence-electron chi connectivity index (χ1n) is 10.0. The van der Waals surface area contributed by atoms with Crippen LogP contribution < -0.4 is 10.2 Å². The third-order valence-corrected chi connectivity index (χ3v) is 5.75. The minimum atomic E-state index is -1.63. The van der Waals surface area contributed by atoms with Crippen molar-refractivity contribution in [3.8, 4) is 0 Å². The molecule has 1 fully saturated rings. The number of aliphatic hydroxyl groups excluding tert-OH is 1. The Morgan fingerprint density at radius 2 is 2.00 bits per heavy atom. The Kier molecular flexibility index (Phi) is 5.82. The lowest BCUT2D eigenvalue weighted by molar-refractivity contribution is -0.124. The number of amides is 3. The maximum absolute atomic E-state index is 13.5. The average Bonchev–Trinajstić information content (AvgIpc) is 3.27. The number of hydrogen-bond acceptors (Lipinski definition) is 6. The number of carbonyl (C=O) groups excluding carboxylic acids is 2. The Labute approximate surface area is 180 Å². The Morgan fingerprint density at radius 1 is 1.31 bits per heavy atom.